The Hall–Kier alpha value is -1.79. The number of alkyl halides is 1. The van der Waals surface area contributed by atoms with Gasteiger partial charge in [-0.3, -0.25) is 4.68 Å². The number of aromatic nitrogens is 2. The Labute approximate surface area is 112 Å². The molecule has 0 saturated heterocycles. The van der Waals surface area contributed by atoms with Crippen molar-refractivity contribution in [3.63, 3.8) is 0 Å². The zero-order chi connectivity index (χ0) is 13.1. The molecule has 0 fully saturated rings. The fraction of sp³-hybridized carbons (Fsp3) is 0.286. The third-order valence-electron chi connectivity index (χ3n) is 3.05. The standard InChI is InChI=1S/C14H14ClN3/c1-10-14(7-15)11(2)18(17-10)9-13-5-3-4-12(6-13)8-16/h3-6H,7,9H2,1-2H3. The van der Waals surface area contributed by atoms with Gasteiger partial charge in [0.05, 0.1) is 29.8 Å². The van der Waals surface area contributed by atoms with Crippen molar-refractivity contribution in [2.45, 2.75) is 26.3 Å². The zero-order valence-corrected chi connectivity index (χ0v) is 11.2. The van der Waals surface area contributed by atoms with E-state index in [0.717, 1.165) is 22.5 Å². The van der Waals surface area contributed by atoms with Gasteiger partial charge in [0.25, 0.3) is 0 Å². The molecule has 0 atom stereocenters. The van der Waals surface area contributed by atoms with E-state index in [9.17, 15) is 0 Å². The summed E-state index contributed by atoms with van der Waals surface area (Å²) in [7, 11) is 0. The molecule has 0 aliphatic rings. The van der Waals surface area contributed by atoms with E-state index < -0.39 is 0 Å². The largest absolute Gasteiger partial charge is 0.265 e. The first kappa shape index (κ1) is 12.7. The molecule has 0 radical (unpaired) electrons. The molecule has 2 aromatic rings. The number of nitriles is 1. The molecule has 1 aromatic heterocycles. The van der Waals surface area contributed by atoms with E-state index in [1.807, 2.05) is 36.7 Å². The molecule has 0 spiro atoms. The molecule has 0 N–H and O–H groups in total. The van der Waals surface area contributed by atoms with Gasteiger partial charge in [-0.15, -0.1) is 11.6 Å². The maximum Gasteiger partial charge on any atom is 0.0991 e. The van der Waals surface area contributed by atoms with Gasteiger partial charge in [-0.25, -0.2) is 0 Å². The number of halogens is 1. The summed E-state index contributed by atoms with van der Waals surface area (Å²) in [6.45, 7) is 4.65. The molecule has 0 unspecified atom stereocenters. The third-order valence-corrected chi connectivity index (χ3v) is 3.32. The van der Waals surface area contributed by atoms with Gasteiger partial charge in [-0.1, -0.05) is 12.1 Å². The van der Waals surface area contributed by atoms with Crippen molar-refractivity contribution in [2.24, 2.45) is 0 Å². The fourth-order valence-electron chi connectivity index (χ4n) is 1.99. The van der Waals surface area contributed by atoms with Crippen LogP contribution in [0, 0.1) is 25.2 Å². The van der Waals surface area contributed by atoms with Gasteiger partial charge in [0.15, 0.2) is 0 Å². The van der Waals surface area contributed by atoms with Crippen molar-refractivity contribution < 1.29 is 0 Å². The van der Waals surface area contributed by atoms with Crippen LogP contribution in [-0.4, -0.2) is 9.78 Å². The summed E-state index contributed by atoms with van der Waals surface area (Å²) in [5.41, 5.74) is 4.89. The summed E-state index contributed by atoms with van der Waals surface area (Å²) in [5, 5.41) is 13.4. The normalized spacial score (nSPS) is 10.3. The molecule has 4 heteroatoms. The van der Waals surface area contributed by atoms with Gasteiger partial charge >= 0.3 is 0 Å². The van der Waals surface area contributed by atoms with E-state index in [4.69, 9.17) is 16.9 Å². The molecule has 92 valence electrons. The molecule has 0 aliphatic carbocycles. The lowest BCUT2D eigenvalue weighted by Gasteiger charge is -2.05. The van der Waals surface area contributed by atoms with Crippen LogP contribution in [0.3, 0.4) is 0 Å². The molecule has 0 aliphatic heterocycles. The highest BCUT2D eigenvalue weighted by Crippen LogP contribution is 2.17. The van der Waals surface area contributed by atoms with Crippen LogP contribution in [-0.2, 0) is 12.4 Å². The molecular formula is C14H14ClN3. The van der Waals surface area contributed by atoms with Crippen molar-refractivity contribution >= 4 is 11.6 Å². The molecular weight excluding hydrogens is 246 g/mol. The van der Waals surface area contributed by atoms with Crippen molar-refractivity contribution in [2.75, 3.05) is 0 Å². The molecule has 0 saturated carbocycles. The number of rotatable bonds is 3. The maximum atomic E-state index is 8.88. The van der Waals surface area contributed by atoms with Crippen LogP contribution in [0.2, 0.25) is 0 Å². The van der Waals surface area contributed by atoms with Crippen LogP contribution in [0.4, 0.5) is 0 Å². The van der Waals surface area contributed by atoms with Crippen molar-refractivity contribution in [3.8, 4) is 6.07 Å². The van der Waals surface area contributed by atoms with Gasteiger partial charge in [0.1, 0.15) is 0 Å². The van der Waals surface area contributed by atoms with Crippen LogP contribution < -0.4 is 0 Å². The summed E-state index contributed by atoms with van der Waals surface area (Å²) in [5.74, 6) is 0.482. The van der Waals surface area contributed by atoms with E-state index in [1.165, 1.54) is 0 Å². The Kier molecular flexibility index (Phi) is 3.69. The van der Waals surface area contributed by atoms with Gasteiger partial charge < -0.3 is 0 Å². The van der Waals surface area contributed by atoms with Crippen LogP contribution in [0.15, 0.2) is 24.3 Å². The lowest BCUT2D eigenvalue weighted by Crippen LogP contribution is -2.04. The minimum Gasteiger partial charge on any atom is -0.265 e. The van der Waals surface area contributed by atoms with E-state index in [0.29, 0.717) is 18.0 Å². The van der Waals surface area contributed by atoms with E-state index in [-0.39, 0.29) is 0 Å². The van der Waals surface area contributed by atoms with Crippen LogP contribution in [0.1, 0.15) is 28.1 Å². The lowest BCUT2D eigenvalue weighted by atomic mass is 10.1. The van der Waals surface area contributed by atoms with E-state index >= 15 is 0 Å². The molecule has 18 heavy (non-hydrogen) atoms. The maximum absolute atomic E-state index is 8.88. The second-order valence-corrected chi connectivity index (χ2v) is 4.52. The second kappa shape index (κ2) is 5.24. The third kappa shape index (κ3) is 2.39. The Bertz CT molecular complexity index is 608. The fourth-order valence-corrected chi connectivity index (χ4v) is 2.38. The average molecular weight is 260 g/mol. The van der Waals surface area contributed by atoms with Crippen LogP contribution in [0.5, 0.6) is 0 Å². The quantitative estimate of drug-likeness (QED) is 0.795. The monoisotopic (exact) mass is 259 g/mol. The first-order valence-corrected chi connectivity index (χ1v) is 6.27. The van der Waals surface area contributed by atoms with Gasteiger partial charge in [-0.2, -0.15) is 10.4 Å². The van der Waals surface area contributed by atoms with Gasteiger partial charge in [0, 0.05) is 11.3 Å². The Morgan fingerprint density at radius 2 is 2.17 bits per heavy atom. The second-order valence-electron chi connectivity index (χ2n) is 4.25. The average Bonchev–Trinajstić information content (AvgIpc) is 2.64. The lowest BCUT2D eigenvalue weighted by molar-refractivity contribution is 0.658. The van der Waals surface area contributed by atoms with Gasteiger partial charge in [0.2, 0.25) is 0 Å². The molecule has 2 rings (SSSR count). The van der Waals surface area contributed by atoms with Crippen LogP contribution >= 0.6 is 11.6 Å². The molecule has 3 nitrogen and oxygen atoms in total. The van der Waals surface area contributed by atoms with Crippen molar-refractivity contribution in [3.05, 3.63) is 52.3 Å². The minimum absolute atomic E-state index is 0.482. The smallest absolute Gasteiger partial charge is 0.0991 e. The number of nitrogens with zero attached hydrogens (tertiary/aromatic N) is 3. The Morgan fingerprint density at radius 1 is 1.39 bits per heavy atom. The highest BCUT2D eigenvalue weighted by atomic mass is 35.5. The summed E-state index contributed by atoms with van der Waals surface area (Å²) < 4.78 is 1.93. The number of aryl methyl sites for hydroxylation is 1. The first-order chi connectivity index (χ1) is 8.65. The Morgan fingerprint density at radius 3 is 2.78 bits per heavy atom. The summed E-state index contributed by atoms with van der Waals surface area (Å²) in [6, 6.07) is 9.72. The summed E-state index contributed by atoms with van der Waals surface area (Å²) in [4.78, 5) is 0. The van der Waals surface area contributed by atoms with E-state index in [2.05, 4.69) is 11.2 Å². The van der Waals surface area contributed by atoms with Crippen molar-refractivity contribution in [1.82, 2.24) is 9.78 Å². The Balaban J connectivity index is 2.32. The first-order valence-electron chi connectivity index (χ1n) is 5.73. The van der Waals surface area contributed by atoms with E-state index in [1.54, 1.807) is 6.07 Å². The van der Waals surface area contributed by atoms with Crippen LogP contribution in [0.25, 0.3) is 0 Å². The molecule has 0 bridgehead atoms. The molecule has 1 aromatic carbocycles. The SMILES string of the molecule is Cc1nn(Cc2cccc(C#N)c2)c(C)c1CCl. The number of benzene rings is 1. The number of hydrogen-bond donors (Lipinski definition) is 0. The predicted molar refractivity (Wildman–Crippen MR) is 71.5 cm³/mol. The van der Waals surface area contributed by atoms with Gasteiger partial charge in [-0.05, 0) is 31.5 Å². The molecule has 1 heterocycles. The van der Waals surface area contributed by atoms with Crippen molar-refractivity contribution in [1.29, 1.82) is 5.26 Å². The topological polar surface area (TPSA) is 41.6 Å². The summed E-state index contributed by atoms with van der Waals surface area (Å²) in [6.07, 6.45) is 0. The summed E-state index contributed by atoms with van der Waals surface area (Å²) >= 11 is 5.91. The highest BCUT2D eigenvalue weighted by Gasteiger charge is 2.10. The molecule has 0 amide bonds. The highest BCUT2D eigenvalue weighted by molar-refractivity contribution is 6.17. The predicted octanol–water partition coefficient (Wildman–Crippen LogP) is 3.16. The number of hydrogen-bond acceptors (Lipinski definition) is 2. The minimum atomic E-state index is 0.482. The zero-order valence-electron chi connectivity index (χ0n) is 10.4.